The molecule has 4 heteroatoms. The van der Waals surface area contributed by atoms with Gasteiger partial charge in [-0.25, -0.2) is 4.39 Å². The molecule has 0 spiro atoms. The van der Waals surface area contributed by atoms with E-state index in [4.69, 9.17) is 11.6 Å². The highest BCUT2D eigenvalue weighted by Crippen LogP contribution is 2.33. The molecule has 0 atom stereocenters. The lowest BCUT2D eigenvalue weighted by Crippen LogP contribution is -2.21. The van der Waals surface area contributed by atoms with E-state index in [1.54, 1.807) is 0 Å². The van der Waals surface area contributed by atoms with Crippen LogP contribution in [0.2, 0.25) is 5.02 Å². The fourth-order valence-electron chi connectivity index (χ4n) is 2.48. The third-order valence-corrected chi connectivity index (χ3v) is 4.38. The number of anilines is 1. The van der Waals surface area contributed by atoms with Crippen molar-refractivity contribution >= 4 is 33.2 Å². The van der Waals surface area contributed by atoms with Crippen molar-refractivity contribution in [2.75, 3.05) is 5.32 Å². The van der Waals surface area contributed by atoms with E-state index in [1.165, 1.54) is 57.1 Å². The smallest absolute Gasteiger partial charge is 0.125 e. The van der Waals surface area contributed by atoms with Crippen LogP contribution in [0, 0.1) is 5.82 Å². The molecule has 2 rings (SSSR count). The van der Waals surface area contributed by atoms with Gasteiger partial charge in [-0.2, -0.15) is 0 Å². The summed E-state index contributed by atoms with van der Waals surface area (Å²) in [7, 11) is 0. The summed E-state index contributed by atoms with van der Waals surface area (Å²) in [6.45, 7) is 0. The average Bonchev–Trinajstić information content (AvgIpc) is 2.25. The van der Waals surface area contributed by atoms with Gasteiger partial charge in [0, 0.05) is 10.5 Å². The van der Waals surface area contributed by atoms with Crippen LogP contribution in [0.3, 0.4) is 0 Å². The summed E-state index contributed by atoms with van der Waals surface area (Å²) in [5.74, 6) is -0.310. The molecule has 1 aliphatic carbocycles. The highest BCUT2D eigenvalue weighted by molar-refractivity contribution is 9.10. The van der Waals surface area contributed by atoms with Crippen LogP contribution >= 0.6 is 27.5 Å². The van der Waals surface area contributed by atoms with Gasteiger partial charge < -0.3 is 5.32 Å². The average molecular weight is 335 g/mol. The van der Waals surface area contributed by atoms with Gasteiger partial charge in [-0.1, -0.05) is 43.7 Å². The van der Waals surface area contributed by atoms with E-state index in [2.05, 4.69) is 21.2 Å². The van der Waals surface area contributed by atoms with Crippen molar-refractivity contribution < 1.29 is 4.39 Å². The van der Waals surface area contributed by atoms with Crippen molar-refractivity contribution in [2.45, 2.75) is 51.0 Å². The lowest BCUT2D eigenvalue weighted by atomic mass is 9.96. The number of benzene rings is 1. The van der Waals surface area contributed by atoms with Crippen molar-refractivity contribution in [3.8, 4) is 0 Å². The van der Waals surface area contributed by atoms with Gasteiger partial charge in [0.1, 0.15) is 5.82 Å². The number of hydrogen-bond acceptors (Lipinski definition) is 1. The van der Waals surface area contributed by atoms with Crippen molar-refractivity contribution in [1.82, 2.24) is 0 Å². The van der Waals surface area contributed by atoms with Crippen LogP contribution in [0.25, 0.3) is 0 Å². The van der Waals surface area contributed by atoms with Gasteiger partial charge in [0.2, 0.25) is 0 Å². The van der Waals surface area contributed by atoms with Crippen LogP contribution in [0.5, 0.6) is 0 Å². The molecule has 1 aromatic rings. The number of halogens is 3. The van der Waals surface area contributed by atoms with Crippen LogP contribution in [0.15, 0.2) is 16.6 Å². The summed E-state index contributed by atoms with van der Waals surface area (Å²) < 4.78 is 13.9. The Kier molecular flexibility index (Phi) is 5.31. The highest BCUT2D eigenvalue weighted by Gasteiger charge is 2.15. The Balaban J connectivity index is 2.07. The Morgan fingerprint density at radius 3 is 2.33 bits per heavy atom. The minimum absolute atomic E-state index is 0.310. The Morgan fingerprint density at radius 1 is 1.11 bits per heavy atom. The first-order chi connectivity index (χ1) is 8.66. The predicted molar refractivity (Wildman–Crippen MR) is 78.8 cm³/mol. The van der Waals surface area contributed by atoms with Crippen LogP contribution < -0.4 is 5.32 Å². The standard InChI is InChI=1S/C14H18BrClFN/c15-12-8-10(17)9-13(16)14(12)18-11-6-4-2-1-3-5-7-11/h8-9,11,18H,1-7H2. The first-order valence-corrected chi connectivity index (χ1v) is 7.75. The molecule has 0 radical (unpaired) electrons. The molecule has 0 heterocycles. The van der Waals surface area contributed by atoms with E-state index >= 15 is 0 Å². The first-order valence-electron chi connectivity index (χ1n) is 6.58. The summed E-state index contributed by atoms with van der Waals surface area (Å²) in [6, 6.07) is 3.26. The van der Waals surface area contributed by atoms with E-state index in [0.717, 1.165) is 5.69 Å². The summed E-state index contributed by atoms with van der Waals surface area (Å²) in [5.41, 5.74) is 0.823. The van der Waals surface area contributed by atoms with Crippen LogP contribution in [-0.2, 0) is 0 Å². The second kappa shape index (κ2) is 6.76. The fourth-order valence-corrected chi connectivity index (χ4v) is 3.41. The quantitative estimate of drug-likeness (QED) is 0.724. The topological polar surface area (TPSA) is 12.0 Å². The van der Waals surface area contributed by atoms with Gasteiger partial charge in [0.05, 0.1) is 10.7 Å². The van der Waals surface area contributed by atoms with E-state index in [0.29, 0.717) is 15.5 Å². The maximum absolute atomic E-state index is 13.2. The van der Waals surface area contributed by atoms with E-state index in [1.807, 2.05) is 0 Å². The van der Waals surface area contributed by atoms with Gasteiger partial charge in [-0.15, -0.1) is 0 Å². The Hall–Kier alpha value is -0.280. The molecular weight excluding hydrogens is 317 g/mol. The lowest BCUT2D eigenvalue weighted by molar-refractivity contribution is 0.471. The number of rotatable bonds is 2. The Labute approximate surface area is 121 Å². The lowest BCUT2D eigenvalue weighted by Gasteiger charge is -2.23. The molecule has 0 saturated heterocycles. The second-order valence-electron chi connectivity index (χ2n) is 4.93. The minimum atomic E-state index is -0.310. The summed E-state index contributed by atoms with van der Waals surface area (Å²) >= 11 is 9.47. The van der Waals surface area contributed by atoms with Crippen molar-refractivity contribution in [3.05, 3.63) is 27.4 Å². The van der Waals surface area contributed by atoms with Crippen LogP contribution in [0.4, 0.5) is 10.1 Å². The number of hydrogen-bond donors (Lipinski definition) is 1. The molecule has 1 saturated carbocycles. The molecule has 1 aliphatic rings. The van der Waals surface area contributed by atoms with Gasteiger partial charge >= 0.3 is 0 Å². The molecule has 1 aromatic carbocycles. The highest BCUT2D eigenvalue weighted by atomic mass is 79.9. The third-order valence-electron chi connectivity index (χ3n) is 3.46. The number of nitrogens with one attached hydrogen (secondary N) is 1. The van der Waals surface area contributed by atoms with Crippen LogP contribution in [0.1, 0.15) is 44.9 Å². The minimum Gasteiger partial charge on any atom is -0.380 e. The molecule has 1 N–H and O–H groups in total. The third kappa shape index (κ3) is 3.86. The molecule has 100 valence electrons. The molecule has 0 amide bonds. The molecule has 0 aromatic heterocycles. The normalized spacial score (nSPS) is 18.2. The molecule has 18 heavy (non-hydrogen) atoms. The molecule has 0 aliphatic heterocycles. The van der Waals surface area contributed by atoms with E-state index < -0.39 is 0 Å². The zero-order chi connectivity index (χ0) is 13.0. The summed E-state index contributed by atoms with van der Waals surface area (Å²) in [6.07, 6.45) is 8.84. The Morgan fingerprint density at radius 2 is 1.72 bits per heavy atom. The van der Waals surface area contributed by atoms with Gasteiger partial charge in [-0.3, -0.25) is 0 Å². The molecule has 0 bridgehead atoms. The van der Waals surface area contributed by atoms with Crippen molar-refractivity contribution in [3.63, 3.8) is 0 Å². The summed E-state index contributed by atoms with van der Waals surface area (Å²) in [4.78, 5) is 0. The van der Waals surface area contributed by atoms with Crippen molar-refractivity contribution in [1.29, 1.82) is 0 Å². The monoisotopic (exact) mass is 333 g/mol. The largest absolute Gasteiger partial charge is 0.380 e. The van der Waals surface area contributed by atoms with Gasteiger partial charge in [0.25, 0.3) is 0 Å². The maximum atomic E-state index is 13.2. The maximum Gasteiger partial charge on any atom is 0.125 e. The molecule has 1 nitrogen and oxygen atoms in total. The van der Waals surface area contributed by atoms with E-state index in [9.17, 15) is 4.39 Å². The van der Waals surface area contributed by atoms with Gasteiger partial charge in [-0.05, 0) is 40.9 Å². The molecular formula is C14H18BrClFN. The van der Waals surface area contributed by atoms with Gasteiger partial charge in [0.15, 0.2) is 0 Å². The Bertz CT molecular complexity index is 380. The molecule has 1 fully saturated rings. The SMILES string of the molecule is Fc1cc(Cl)c(NC2CCCCCCC2)c(Br)c1. The predicted octanol–water partition coefficient (Wildman–Crippen LogP) is 5.77. The van der Waals surface area contributed by atoms with Crippen LogP contribution in [-0.4, -0.2) is 6.04 Å². The summed E-state index contributed by atoms with van der Waals surface area (Å²) in [5, 5.41) is 3.92. The van der Waals surface area contributed by atoms with Crippen molar-refractivity contribution in [2.24, 2.45) is 0 Å². The zero-order valence-electron chi connectivity index (χ0n) is 10.3. The molecule has 0 unspecified atom stereocenters. The zero-order valence-corrected chi connectivity index (χ0v) is 12.7. The fraction of sp³-hybridized carbons (Fsp3) is 0.571. The first kappa shape index (κ1) is 14.1. The van der Waals surface area contributed by atoms with E-state index in [-0.39, 0.29) is 5.82 Å². The second-order valence-corrected chi connectivity index (χ2v) is 6.19.